The van der Waals surface area contributed by atoms with Crippen molar-refractivity contribution in [1.82, 2.24) is 0 Å². The zero-order valence-corrected chi connectivity index (χ0v) is 14.1. The molecular weight excluding hydrogens is 327 g/mol. The maximum absolute atomic E-state index is 13.4. The Morgan fingerprint density at radius 1 is 1.26 bits per heavy atom. The molecule has 1 nitrogen and oxygen atoms in total. The lowest BCUT2D eigenvalue weighted by Crippen LogP contribution is -2.30. The summed E-state index contributed by atoms with van der Waals surface area (Å²) in [5.74, 6) is 1.09. The molecule has 0 aromatic heterocycles. The number of rotatable bonds is 8. The lowest BCUT2D eigenvalue weighted by molar-refractivity contribution is 0.143. The highest BCUT2D eigenvalue weighted by Gasteiger charge is 2.27. The summed E-state index contributed by atoms with van der Waals surface area (Å²) in [6.45, 7) is 4.94. The number of halogens is 2. The molecule has 0 saturated heterocycles. The Balaban J connectivity index is 2.71. The second-order valence-electron chi connectivity index (χ2n) is 5.02. The molecule has 0 aliphatic rings. The molecule has 1 rings (SSSR count). The molecule has 0 N–H and O–H groups in total. The average molecular weight is 349 g/mol. The Morgan fingerprint density at radius 3 is 2.37 bits per heavy atom. The lowest BCUT2D eigenvalue weighted by Gasteiger charge is -2.31. The molecule has 0 aliphatic heterocycles. The first kappa shape index (κ1) is 16.8. The largest absolute Gasteiger partial charge is 0.493 e. The summed E-state index contributed by atoms with van der Waals surface area (Å²) in [7, 11) is 0. The van der Waals surface area contributed by atoms with Crippen LogP contribution in [0, 0.1) is 11.2 Å². The van der Waals surface area contributed by atoms with Crippen molar-refractivity contribution in [1.29, 1.82) is 0 Å². The molecule has 0 bridgehead atoms. The second kappa shape index (κ2) is 8.15. The fourth-order valence-corrected chi connectivity index (χ4v) is 2.99. The van der Waals surface area contributed by atoms with E-state index in [1.54, 1.807) is 12.1 Å². The maximum Gasteiger partial charge on any atom is 0.141 e. The van der Waals surface area contributed by atoms with E-state index in [1.165, 1.54) is 6.07 Å². The quantitative estimate of drug-likeness (QED) is 0.611. The van der Waals surface area contributed by atoms with Crippen molar-refractivity contribution in [3.8, 4) is 5.75 Å². The third-order valence-corrected chi connectivity index (χ3v) is 4.65. The Morgan fingerprint density at radius 2 is 1.89 bits per heavy atom. The van der Waals surface area contributed by atoms with Crippen LogP contribution >= 0.6 is 28.6 Å². The standard InChI is InChI=1S/C15H22BrFOS/c1-3-7-15(11-19,8-4-2)10-18-12-5-6-13(16)14(17)9-12/h5-6,9,19H,3-4,7-8,10-11H2,1-2H3. The van der Waals surface area contributed by atoms with Crippen molar-refractivity contribution in [3.05, 3.63) is 28.5 Å². The van der Waals surface area contributed by atoms with Gasteiger partial charge in [-0.15, -0.1) is 0 Å². The highest BCUT2D eigenvalue weighted by atomic mass is 79.9. The van der Waals surface area contributed by atoms with E-state index in [1.807, 2.05) is 0 Å². The number of hydrogen-bond donors (Lipinski definition) is 1. The summed E-state index contributed by atoms with van der Waals surface area (Å²) in [6.07, 6.45) is 4.39. The normalized spacial score (nSPS) is 11.6. The Kier molecular flexibility index (Phi) is 7.22. The van der Waals surface area contributed by atoms with Crippen molar-refractivity contribution in [2.45, 2.75) is 39.5 Å². The van der Waals surface area contributed by atoms with Gasteiger partial charge in [0, 0.05) is 11.5 Å². The first-order valence-electron chi connectivity index (χ1n) is 6.75. The average Bonchev–Trinajstić information content (AvgIpc) is 2.40. The first-order chi connectivity index (χ1) is 9.06. The van der Waals surface area contributed by atoms with E-state index >= 15 is 0 Å². The Labute approximate surface area is 129 Å². The molecule has 1 aromatic carbocycles. The molecule has 0 aliphatic carbocycles. The summed E-state index contributed by atoms with van der Waals surface area (Å²) >= 11 is 7.63. The lowest BCUT2D eigenvalue weighted by atomic mass is 9.82. The van der Waals surface area contributed by atoms with Crippen LogP contribution in [0.25, 0.3) is 0 Å². The summed E-state index contributed by atoms with van der Waals surface area (Å²) < 4.78 is 19.7. The summed E-state index contributed by atoms with van der Waals surface area (Å²) in [6, 6.07) is 4.88. The van der Waals surface area contributed by atoms with Crippen LogP contribution in [0.5, 0.6) is 5.75 Å². The fourth-order valence-electron chi connectivity index (χ4n) is 2.34. The fraction of sp³-hybridized carbons (Fsp3) is 0.600. The van der Waals surface area contributed by atoms with E-state index in [0.29, 0.717) is 16.8 Å². The molecule has 0 amide bonds. The minimum absolute atomic E-state index is 0.0934. The minimum Gasteiger partial charge on any atom is -0.493 e. The Bertz CT molecular complexity index is 392. The van der Waals surface area contributed by atoms with Gasteiger partial charge >= 0.3 is 0 Å². The van der Waals surface area contributed by atoms with Gasteiger partial charge in [-0.05, 0) is 46.7 Å². The molecule has 0 radical (unpaired) electrons. The summed E-state index contributed by atoms with van der Waals surface area (Å²) in [5.41, 5.74) is 0.0934. The van der Waals surface area contributed by atoms with Crippen LogP contribution in [0.1, 0.15) is 39.5 Å². The maximum atomic E-state index is 13.4. The van der Waals surface area contributed by atoms with Crippen LogP contribution in [0.3, 0.4) is 0 Å². The van der Waals surface area contributed by atoms with E-state index in [9.17, 15) is 4.39 Å². The van der Waals surface area contributed by atoms with Gasteiger partial charge in [-0.2, -0.15) is 12.6 Å². The smallest absolute Gasteiger partial charge is 0.141 e. The molecular formula is C15H22BrFOS. The number of ether oxygens (including phenoxy) is 1. The van der Waals surface area contributed by atoms with E-state index < -0.39 is 0 Å². The van der Waals surface area contributed by atoms with E-state index in [4.69, 9.17) is 4.74 Å². The second-order valence-corrected chi connectivity index (χ2v) is 6.19. The van der Waals surface area contributed by atoms with E-state index in [0.717, 1.165) is 31.4 Å². The molecule has 0 atom stereocenters. The van der Waals surface area contributed by atoms with Gasteiger partial charge in [0.15, 0.2) is 0 Å². The molecule has 1 aromatic rings. The van der Waals surface area contributed by atoms with Gasteiger partial charge in [0.25, 0.3) is 0 Å². The number of hydrogen-bond acceptors (Lipinski definition) is 2. The van der Waals surface area contributed by atoms with Crippen LogP contribution < -0.4 is 4.74 Å². The van der Waals surface area contributed by atoms with E-state index in [-0.39, 0.29) is 11.2 Å². The van der Waals surface area contributed by atoms with Crippen LogP contribution in [-0.2, 0) is 0 Å². The van der Waals surface area contributed by atoms with Gasteiger partial charge < -0.3 is 4.74 Å². The summed E-state index contributed by atoms with van der Waals surface area (Å²) in [5, 5.41) is 0. The molecule has 0 unspecified atom stereocenters. The van der Waals surface area contributed by atoms with Gasteiger partial charge in [0.2, 0.25) is 0 Å². The van der Waals surface area contributed by atoms with Crippen LogP contribution in [0.4, 0.5) is 4.39 Å². The van der Waals surface area contributed by atoms with Gasteiger partial charge in [0.1, 0.15) is 11.6 Å². The third kappa shape index (κ3) is 4.99. The summed E-state index contributed by atoms with van der Waals surface area (Å²) in [4.78, 5) is 0. The van der Waals surface area contributed by atoms with Crippen molar-refractivity contribution in [2.24, 2.45) is 5.41 Å². The highest BCUT2D eigenvalue weighted by molar-refractivity contribution is 9.10. The number of benzene rings is 1. The predicted octanol–water partition coefficient (Wildman–Crippen LogP) is 5.48. The molecule has 0 spiro atoms. The van der Waals surface area contributed by atoms with Gasteiger partial charge in [0.05, 0.1) is 11.1 Å². The van der Waals surface area contributed by atoms with Gasteiger partial charge in [-0.25, -0.2) is 4.39 Å². The highest BCUT2D eigenvalue weighted by Crippen LogP contribution is 2.32. The Hall–Kier alpha value is -0.220. The van der Waals surface area contributed by atoms with Gasteiger partial charge in [-0.1, -0.05) is 26.7 Å². The SMILES string of the molecule is CCCC(CS)(CCC)COc1ccc(Br)c(F)c1. The predicted molar refractivity (Wildman–Crippen MR) is 85.7 cm³/mol. The molecule has 19 heavy (non-hydrogen) atoms. The first-order valence-corrected chi connectivity index (χ1v) is 8.18. The molecule has 4 heteroatoms. The van der Waals surface area contributed by atoms with Crippen molar-refractivity contribution < 1.29 is 9.13 Å². The molecule has 108 valence electrons. The van der Waals surface area contributed by atoms with Crippen molar-refractivity contribution >= 4 is 28.6 Å². The van der Waals surface area contributed by atoms with Crippen LogP contribution in [0.15, 0.2) is 22.7 Å². The molecule has 0 fully saturated rings. The van der Waals surface area contributed by atoms with Gasteiger partial charge in [-0.3, -0.25) is 0 Å². The van der Waals surface area contributed by atoms with Crippen LogP contribution in [-0.4, -0.2) is 12.4 Å². The zero-order chi connectivity index (χ0) is 14.3. The van der Waals surface area contributed by atoms with E-state index in [2.05, 4.69) is 42.4 Å². The van der Waals surface area contributed by atoms with Crippen molar-refractivity contribution in [2.75, 3.05) is 12.4 Å². The monoisotopic (exact) mass is 348 g/mol. The third-order valence-electron chi connectivity index (χ3n) is 3.33. The van der Waals surface area contributed by atoms with Crippen LogP contribution in [0.2, 0.25) is 0 Å². The zero-order valence-electron chi connectivity index (χ0n) is 11.6. The number of thiol groups is 1. The topological polar surface area (TPSA) is 9.23 Å². The van der Waals surface area contributed by atoms with Crippen molar-refractivity contribution in [3.63, 3.8) is 0 Å². The molecule has 0 heterocycles. The minimum atomic E-state index is -0.292. The molecule has 0 saturated carbocycles.